The van der Waals surface area contributed by atoms with Crippen molar-refractivity contribution in [3.05, 3.63) is 0 Å². The molecule has 7 atom stereocenters. The lowest BCUT2D eigenvalue weighted by Crippen LogP contribution is -2.57. The quantitative estimate of drug-likeness (QED) is 0.764. The van der Waals surface area contributed by atoms with E-state index in [0.29, 0.717) is 29.3 Å². The highest BCUT2D eigenvalue weighted by molar-refractivity contribution is 5.16. The second-order valence-electron chi connectivity index (χ2n) is 10.2. The van der Waals surface area contributed by atoms with Crippen molar-refractivity contribution in [2.24, 2.45) is 34.0 Å². The molecular weight excluding hydrogens is 272 g/mol. The van der Waals surface area contributed by atoms with Crippen molar-refractivity contribution in [3.63, 3.8) is 0 Å². The summed E-state index contributed by atoms with van der Waals surface area (Å²) in [4.78, 5) is 0. The van der Waals surface area contributed by atoms with Gasteiger partial charge in [-0.15, -0.1) is 0 Å². The number of aliphatic hydroxyl groups excluding tert-OH is 1. The molecule has 0 heterocycles. The second kappa shape index (κ2) is 4.51. The lowest BCUT2D eigenvalue weighted by atomic mass is 9.41. The Balaban J connectivity index is 1.72. The van der Waals surface area contributed by atoms with Gasteiger partial charge in [-0.2, -0.15) is 0 Å². The van der Waals surface area contributed by atoms with Crippen LogP contribution in [-0.2, 0) is 0 Å². The third-order valence-electron chi connectivity index (χ3n) is 8.97. The number of hydrogen-bond donors (Lipinski definition) is 2. The molecule has 2 N–H and O–H groups in total. The summed E-state index contributed by atoms with van der Waals surface area (Å²) in [5, 5.41) is 21.0. The van der Waals surface area contributed by atoms with Gasteiger partial charge in [0.25, 0.3) is 0 Å². The second-order valence-corrected chi connectivity index (χ2v) is 10.2. The van der Waals surface area contributed by atoms with Gasteiger partial charge >= 0.3 is 0 Å². The Morgan fingerprint density at radius 3 is 2.45 bits per heavy atom. The van der Waals surface area contributed by atoms with E-state index in [1.54, 1.807) is 0 Å². The van der Waals surface area contributed by atoms with Crippen molar-refractivity contribution >= 4 is 0 Å². The molecule has 0 radical (unpaired) electrons. The highest BCUT2D eigenvalue weighted by atomic mass is 16.3. The molecular formula is C20H34O2. The molecule has 0 aliphatic heterocycles. The van der Waals surface area contributed by atoms with Gasteiger partial charge in [0.1, 0.15) is 0 Å². The molecule has 126 valence electrons. The lowest BCUT2D eigenvalue weighted by Gasteiger charge is -2.64. The lowest BCUT2D eigenvalue weighted by molar-refractivity contribution is -0.159. The Kier molecular flexibility index (Phi) is 3.16. The van der Waals surface area contributed by atoms with Crippen LogP contribution < -0.4 is 0 Å². The van der Waals surface area contributed by atoms with Crippen LogP contribution in [0.25, 0.3) is 0 Å². The van der Waals surface area contributed by atoms with Gasteiger partial charge in [-0.1, -0.05) is 20.3 Å². The molecule has 4 aliphatic carbocycles. The normalized spacial score (nSPS) is 60.7. The van der Waals surface area contributed by atoms with Gasteiger partial charge < -0.3 is 10.2 Å². The van der Waals surface area contributed by atoms with Crippen molar-refractivity contribution in [1.82, 2.24) is 0 Å². The van der Waals surface area contributed by atoms with Gasteiger partial charge in [0.15, 0.2) is 0 Å². The zero-order valence-corrected chi connectivity index (χ0v) is 14.7. The van der Waals surface area contributed by atoms with E-state index in [-0.39, 0.29) is 5.41 Å². The first kappa shape index (κ1) is 15.4. The SMILES string of the molecule is C[C@@]1(CO)CCC[C@]2(C)[C@@H]1CC[C@@]13C[C@@H](CC[C@H]12)[C@@](C)(O)C3. The molecule has 2 heteroatoms. The summed E-state index contributed by atoms with van der Waals surface area (Å²) < 4.78 is 0. The van der Waals surface area contributed by atoms with Crippen LogP contribution in [-0.4, -0.2) is 22.4 Å². The molecule has 0 unspecified atom stereocenters. The highest BCUT2D eigenvalue weighted by Crippen LogP contribution is 2.72. The molecule has 2 nitrogen and oxygen atoms in total. The summed E-state index contributed by atoms with van der Waals surface area (Å²) in [6.45, 7) is 7.34. The zero-order chi connectivity index (χ0) is 15.8. The fourth-order valence-corrected chi connectivity index (χ4v) is 8.12. The zero-order valence-electron chi connectivity index (χ0n) is 14.7. The van der Waals surface area contributed by atoms with Crippen LogP contribution >= 0.6 is 0 Å². The van der Waals surface area contributed by atoms with Crippen LogP contribution in [0.3, 0.4) is 0 Å². The van der Waals surface area contributed by atoms with Crippen LogP contribution in [0.15, 0.2) is 0 Å². The topological polar surface area (TPSA) is 40.5 Å². The van der Waals surface area contributed by atoms with Crippen molar-refractivity contribution in [2.45, 2.75) is 84.2 Å². The Hall–Kier alpha value is -0.0800. The molecule has 4 saturated carbocycles. The smallest absolute Gasteiger partial charge is 0.0653 e. The van der Waals surface area contributed by atoms with Crippen LogP contribution in [0.4, 0.5) is 0 Å². The van der Waals surface area contributed by atoms with Gasteiger partial charge in [-0.25, -0.2) is 0 Å². The average molecular weight is 306 g/mol. The van der Waals surface area contributed by atoms with Crippen molar-refractivity contribution in [1.29, 1.82) is 0 Å². The van der Waals surface area contributed by atoms with E-state index < -0.39 is 5.60 Å². The largest absolute Gasteiger partial charge is 0.396 e. The summed E-state index contributed by atoms with van der Waals surface area (Å²) in [5.41, 5.74) is 0.504. The summed E-state index contributed by atoms with van der Waals surface area (Å²) in [7, 11) is 0. The van der Waals surface area contributed by atoms with Crippen LogP contribution in [0.5, 0.6) is 0 Å². The number of fused-ring (bicyclic) bond motifs is 3. The van der Waals surface area contributed by atoms with E-state index in [4.69, 9.17) is 0 Å². The minimum absolute atomic E-state index is 0.132. The first-order valence-electron chi connectivity index (χ1n) is 9.59. The van der Waals surface area contributed by atoms with Crippen molar-refractivity contribution in [2.75, 3.05) is 6.61 Å². The van der Waals surface area contributed by atoms with E-state index in [2.05, 4.69) is 20.8 Å². The molecule has 0 aromatic heterocycles. The van der Waals surface area contributed by atoms with Gasteiger partial charge in [0.05, 0.1) is 5.60 Å². The molecule has 0 amide bonds. The van der Waals surface area contributed by atoms with E-state index in [9.17, 15) is 10.2 Å². The molecule has 4 fully saturated rings. The summed E-state index contributed by atoms with van der Waals surface area (Å²) >= 11 is 0. The van der Waals surface area contributed by atoms with Gasteiger partial charge in [-0.3, -0.25) is 0 Å². The first-order chi connectivity index (χ1) is 10.3. The summed E-state index contributed by atoms with van der Waals surface area (Å²) in [6.07, 6.45) is 11.2. The third kappa shape index (κ3) is 1.80. The number of rotatable bonds is 1. The monoisotopic (exact) mass is 306 g/mol. The molecule has 4 rings (SSSR count). The molecule has 4 aliphatic rings. The Bertz CT molecular complexity index is 472. The minimum atomic E-state index is -0.424. The fraction of sp³-hybridized carbons (Fsp3) is 1.00. The van der Waals surface area contributed by atoms with E-state index in [1.807, 2.05) is 0 Å². The van der Waals surface area contributed by atoms with Crippen LogP contribution in [0.1, 0.15) is 78.6 Å². The molecule has 0 aromatic carbocycles. The first-order valence-corrected chi connectivity index (χ1v) is 9.59. The number of hydrogen-bond acceptors (Lipinski definition) is 2. The third-order valence-corrected chi connectivity index (χ3v) is 8.97. The van der Waals surface area contributed by atoms with Gasteiger partial charge in [0, 0.05) is 6.61 Å². The molecule has 1 spiro atoms. The Labute approximate surface area is 135 Å². The maximum atomic E-state index is 10.9. The Morgan fingerprint density at radius 2 is 1.73 bits per heavy atom. The van der Waals surface area contributed by atoms with Gasteiger partial charge in [0.2, 0.25) is 0 Å². The molecule has 22 heavy (non-hydrogen) atoms. The van der Waals surface area contributed by atoms with Crippen LogP contribution in [0, 0.1) is 34.0 Å². The van der Waals surface area contributed by atoms with E-state index in [1.165, 1.54) is 51.4 Å². The highest BCUT2D eigenvalue weighted by Gasteiger charge is 2.66. The summed E-state index contributed by atoms with van der Waals surface area (Å²) in [5.74, 6) is 1.99. The maximum absolute atomic E-state index is 10.9. The fourth-order valence-electron chi connectivity index (χ4n) is 8.12. The molecule has 2 bridgehead atoms. The Morgan fingerprint density at radius 1 is 0.955 bits per heavy atom. The standard InChI is InChI=1S/C20H34O2/c1-17(13-21)8-4-9-18(2)15(17)7-10-20-11-14(5-6-16(18)20)19(3,22)12-20/h14-16,21-22H,4-13H2,1-3H3/t14-,15-,16+,17+,18-,19+,20+/m1/s1. The summed E-state index contributed by atoms with van der Waals surface area (Å²) in [6, 6.07) is 0. The van der Waals surface area contributed by atoms with E-state index in [0.717, 1.165) is 12.3 Å². The minimum Gasteiger partial charge on any atom is -0.396 e. The maximum Gasteiger partial charge on any atom is 0.0653 e. The predicted molar refractivity (Wildman–Crippen MR) is 88.4 cm³/mol. The molecule has 0 saturated heterocycles. The predicted octanol–water partition coefficient (Wildman–Crippen LogP) is 4.14. The van der Waals surface area contributed by atoms with Gasteiger partial charge in [-0.05, 0) is 92.3 Å². The van der Waals surface area contributed by atoms with E-state index >= 15 is 0 Å². The molecule has 0 aromatic rings. The van der Waals surface area contributed by atoms with Crippen molar-refractivity contribution < 1.29 is 10.2 Å². The van der Waals surface area contributed by atoms with Crippen LogP contribution in [0.2, 0.25) is 0 Å². The van der Waals surface area contributed by atoms with Crippen molar-refractivity contribution in [3.8, 4) is 0 Å². The number of aliphatic hydroxyl groups is 2. The average Bonchev–Trinajstić information content (AvgIpc) is 2.63.